The first kappa shape index (κ1) is 22.5. The summed E-state index contributed by atoms with van der Waals surface area (Å²) in [6.07, 6.45) is 0. The summed E-state index contributed by atoms with van der Waals surface area (Å²) in [5, 5.41) is 19.3. The van der Waals surface area contributed by atoms with E-state index < -0.39 is 5.91 Å². The van der Waals surface area contributed by atoms with Crippen molar-refractivity contribution in [1.82, 2.24) is 15.4 Å². The number of ether oxygens (including phenoxy) is 1. The van der Waals surface area contributed by atoms with Gasteiger partial charge in [-0.3, -0.25) is 14.9 Å². The number of hydrogen-bond donors (Lipinski definition) is 3. The summed E-state index contributed by atoms with van der Waals surface area (Å²) in [5.41, 5.74) is 5.96. The van der Waals surface area contributed by atoms with Crippen molar-refractivity contribution in [2.45, 2.75) is 13.5 Å². The molecular weight excluding hydrogens is 418 g/mol. The predicted octanol–water partition coefficient (Wildman–Crippen LogP) is 3.11. The van der Waals surface area contributed by atoms with Gasteiger partial charge in [0.15, 0.2) is 5.75 Å². The lowest BCUT2D eigenvalue weighted by Crippen LogP contribution is -2.35. The van der Waals surface area contributed by atoms with Gasteiger partial charge in [0.2, 0.25) is 0 Å². The molecule has 1 amide bonds. The Labute approximate surface area is 192 Å². The van der Waals surface area contributed by atoms with Crippen molar-refractivity contribution in [3.8, 4) is 28.8 Å². The molecule has 0 saturated carbocycles. The fourth-order valence-electron chi connectivity index (χ4n) is 3.67. The van der Waals surface area contributed by atoms with Gasteiger partial charge in [-0.05, 0) is 42.8 Å². The molecule has 0 radical (unpaired) electrons. The molecule has 7 nitrogen and oxygen atoms in total. The van der Waals surface area contributed by atoms with Crippen molar-refractivity contribution >= 4 is 5.91 Å². The number of aromatic nitrogens is 1. The van der Waals surface area contributed by atoms with Crippen LogP contribution in [-0.4, -0.2) is 52.4 Å². The Morgan fingerprint density at radius 1 is 1.06 bits per heavy atom. The fraction of sp³-hybridized carbons (Fsp3) is 0.231. The van der Waals surface area contributed by atoms with E-state index in [0.29, 0.717) is 11.3 Å². The van der Waals surface area contributed by atoms with Gasteiger partial charge in [-0.15, -0.1) is 0 Å². The second-order valence-electron chi connectivity index (χ2n) is 7.86. The number of amides is 1. The minimum atomic E-state index is -0.794. The molecule has 4 rings (SSSR count). The molecule has 1 aromatic heterocycles. The summed E-state index contributed by atoms with van der Waals surface area (Å²) in [6.45, 7) is 6.14. The average Bonchev–Trinajstić information content (AvgIpc) is 2.85. The van der Waals surface area contributed by atoms with Crippen LogP contribution in [0.15, 0.2) is 54.6 Å². The maximum atomic E-state index is 11.8. The van der Waals surface area contributed by atoms with Crippen molar-refractivity contribution in [3.05, 3.63) is 82.5 Å². The van der Waals surface area contributed by atoms with E-state index in [4.69, 9.17) is 9.94 Å². The molecule has 1 aliphatic heterocycles. The summed E-state index contributed by atoms with van der Waals surface area (Å²) in [7, 11) is 0. The Balaban J connectivity index is 1.47. The largest absolute Gasteiger partial charge is 0.505 e. The second-order valence-corrected chi connectivity index (χ2v) is 7.86. The minimum Gasteiger partial charge on any atom is -0.505 e. The number of hydroxylamine groups is 1. The smallest absolute Gasteiger partial charge is 0.278 e. The van der Waals surface area contributed by atoms with E-state index in [2.05, 4.69) is 33.9 Å². The van der Waals surface area contributed by atoms with Crippen molar-refractivity contribution < 1.29 is 19.8 Å². The molecule has 1 fully saturated rings. The first-order valence-electron chi connectivity index (χ1n) is 10.7. The Hall–Kier alpha value is -3.70. The van der Waals surface area contributed by atoms with Gasteiger partial charge in [0.05, 0.1) is 18.8 Å². The van der Waals surface area contributed by atoms with Crippen molar-refractivity contribution in [1.29, 1.82) is 0 Å². The van der Waals surface area contributed by atoms with Crippen LogP contribution < -0.4 is 5.48 Å². The van der Waals surface area contributed by atoms with Gasteiger partial charge >= 0.3 is 0 Å². The number of nitrogens with one attached hydrogen (secondary N) is 1. The quantitative estimate of drug-likeness (QED) is 0.326. The van der Waals surface area contributed by atoms with Crippen LogP contribution in [-0.2, 0) is 11.3 Å². The monoisotopic (exact) mass is 443 g/mol. The third-order valence-corrected chi connectivity index (χ3v) is 5.44. The number of carbonyl (C=O) groups is 1. The Bertz CT molecular complexity index is 1190. The number of rotatable bonds is 4. The number of benzene rings is 2. The van der Waals surface area contributed by atoms with Crippen LogP contribution in [0.4, 0.5) is 0 Å². The SMILES string of the molecule is Cc1cc(C(=O)NO)c(O)c(-c2ccc(C#Cc3ccc(CN4CCOCC4)cc3)cc2)n1. The number of morpholine rings is 1. The van der Waals surface area contributed by atoms with Gasteiger partial charge < -0.3 is 9.84 Å². The standard InChI is InChI=1S/C26H25N3O4/c1-18-16-23(26(31)28-32)25(30)24(27-18)22-10-8-20(9-11-22)3-2-19-4-6-21(7-5-19)17-29-12-14-33-15-13-29/h4-11,16,30,32H,12-15,17H2,1H3,(H,28,31). The summed E-state index contributed by atoms with van der Waals surface area (Å²) in [5.74, 6) is 5.24. The van der Waals surface area contributed by atoms with E-state index in [1.165, 1.54) is 11.6 Å². The maximum absolute atomic E-state index is 11.8. The predicted molar refractivity (Wildman–Crippen MR) is 124 cm³/mol. The lowest BCUT2D eigenvalue weighted by Gasteiger charge is -2.26. The molecule has 0 atom stereocenters. The van der Waals surface area contributed by atoms with E-state index in [1.807, 2.05) is 24.3 Å². The summed E-state index contributed by atoms with van der Waals surface area (Å²) < 4.78 is 5.39. The lowest BCUT2D eigenvalue weighted by molar-refractivity contribution is 0.0342. The van der Waals surface area contributed by atoms with E-state index in [0.717, 1.165) is 44.0 Å². The average molecular weight is 444 g/mol. The molecule has 0 aliphatic carbocycles. The number of pyridine rings is 1. The molecule has 0 unspecified atom stereocenters. The number of aryl methyl sites for hydroxylation is 1. The van der Waals surface area contributed by atoms with E-state index in [9.17, 15) is 9.90 Å². The van der Waals surface area contributed by atoms with Crippen molar-refractivity contribution in [2.24, 2.45) is 0 Å². The second kappa shape index (κ2) is 10.3. The van der Waals surface area contributed by atoms with Crippen molar-refractivity contribution in [2.75, 3.05) is 26.3 Å². The lowest BCUT2D eigenvalue weighted by atomic mass is 10.0. The highest BCUT2D eigenvalue weighted by Gasteiger charge is 2.17. The highest BCUT2D eigenvalue weighted by molar-refractivity contribution is 5.98. The zero-order valence-electron chi connectivity index (χ0n) is 18.3. The zero-order valence-corrected chi connectivity index (χ0v) is 18.3. The van der Waals surface area contributed by atoms with Gasteiger partial charge in [-0.25, -0.2) is 10.5 Å². The molecule has 1 aliphatic rings. The number of hydrogen-bond acceptors (Lipinski definition) is 6. The molecule has 168 valence electrons. The van der Waals surface area contributed by atoms with E-state index in [-0.39, 0.29) is 17.0 Å². The van der Waals surface area contributed by atoms with Gasteiger partial charge in [0.25, 0.3) is 5.91 Å². The minimum absolute atomic E-state index is 0.0408. The first-order valence-corrected chi connectivity index (χ1v) is 10.7. The fourth-order valence-corrected chi connectivity index (χ4v) is 3.67. The highest BCUT2D eigenvalue weighted by atomic mass is 16.5. The van der Waals surface area contributed by atoms with Gasteiger partial charge in [-0.2, -0.15) is 0 Å². The number of aromatic hydroxyl groups is 1. The molecule has 33 heavy (non-hydrogen) atoms. The van der Waals surface area contributed by atoms with Crippen LogP contribution in [0.2, 0.25) is 0 Å². The van der Waals surface area contributed by atoms with Crippen LogP contribution in [0.25, 0.3) is 11.3 Å². The third-order valence-electron chi connectivity index (χ3n) is 5.44. The van der Waals surface area contributed by atoms with E-state index >= 15 is 0 Å². The number of nitrogens with zero attached hydrogens (tertiary/aromatic N) is 2. The van der Waals surface area contributed by atoms with Crippen LogP contribution in [0.3, 0.4) is 0 Å². The van der Waals surface area contributed by atoms with Crippen LogP contribution >= 0.6 is 0 Å². The molecular formula is C26H25N3O4. The van der Waals surface area contributed by atoms with Gasteiger partial charge in [-0.1, -0.05) is 36.1 Å². The number of carbonyl (C=O) groups excluding carboxylic acids is 1. The zero-order chi connectivity index (χ0) is 23.2. The maximum Gasteiger partial charge on any atom is 0.278 e. The van der Waals surface area contributed by atoms with Crippen molar-refractivity contribution in [3.63, 3.8) is 0 Å². The molecule has 3 aromatic rings. The molecule has 0 spiro atoms. The van der Waals surface area contributed by atoms with E-state index in [1.54, 1.807) is 24.5 Å². The molecule has 3 N–H and O–H groups in total. The molecule has 2 heterocycles. The van der Waals surface area contributed by atoms with Crippen LogP contribution in [0.5, 0.6) is 5.75 Å². The summed E-state index contributed by atoms with van der Waals surface area (Å²) >= 11 is 0. The Kier molecular flexibility index (Phi) is 7.01. The molecule has 1 saturated heterocycles. The van der Waals surface area contributed by atoms with Gasteiger partial charge in [0, 0.05) is 42.0 Å². The topological polar surface area (TPSA) is 94.9 Å². The van der Waals surface area contributed by atoms with Crippen LogP contribution in [0, 0.1) is 18.8 Å². The Morgan fingerprint density at radius 2 is 1.67 bits per heavy atom. The first-order chi connectivity index (χ1) is 16.0. The summed E-state index contributed by atoms with van der Waals surface area (Å²) in [6, 6.07) is 16.9. The summed E-state index contributed by atoms with van der Waals surface area (Å²) in [4.78, 5) is 18.5. The third kappa shape index (κ3) is 5.57. The normalized spacial score (nSPS) is 13.8. The molecule has 0 bridgehead atoms. The Morgan fingerprint density at radius 3 is 2.27 bits per heavy atom. The molecule has 7 heteroatoms. The highest BCUT2D eigenvalue weighted by Crippen LogP contribution is 2.31. The molecule has 2 aromatic carbocycles. The van der Waals surface area contributed by atoms with Crippen LogP contribution in [0.1, 0.15) is 32.7 Å². The van der Waals surface area contributed by atoms with Gasteiger partial charge in [0.1, 0.15) is 5.69 Å².